The van der Waals surface area contributed by atoms with E-state index in [1.54, 1.807) is 0 Å². The van der Waals surface area contributed by atoms with Gasteiger partial charge in [0.05, 0.1) is 21.7 Å². The molecule has 0 N–H and O–H groups in total. The van der Waals surface area contributed by atoms with E-state index >= 15 is 0 Å². The molecule has 0 fully saturated rings. The minimum Gasteiger partial charge on any atom is -0.267 e. The Morgan fingerprint density at radius 3 is 2.23 bits per heavy atom. The first kappa shape index (κ1) is 23.6. The van der Waals surface area contributed by atoms with Crippen LogP contribution < -0.4 is 0 Å². The molecule has 0 saturated carbocycles. The van der Waals surface area contributed by atoms with Gasteiger partial charge in [-0.15, -0.1) is 11.3 Å². The van der Waals surface area contributed by atoms with Gasteiger partial charge in [0.25, 0.3) is 0 Å². The Morgan fingerprint density at radius 1 is 0.600 bits per heavy atom. The summed E-state index contributed by atoms with van der Waals surface area (Å²) in [5, 5.41) is 5.26. The topological polar surface area (TPSA) is 30.7 Å². The number of hydrogen-bond acceptors (Lipinski definition) is 3. The highest BCUT2D eigenvalue weighted by atomic mass is 35.5. The highest BCUT2D eigenvalue weighted by molar-refractivity contribution is 7.26. The van der Waals surface area contributed by atoms with Crippen molar-refractivity contribution in [3.63, 3.8) is 0 Å². The molecule has 0 amide bonds. The third kappa shape index (κ3) is 3.57. The molecule has 0 aliphatic heterocycles. The summed E-state index contributed by atoms with van der Waals surface area (Å²) in [6.45, 7) is 0. The van der Waals surface area contributed by atoms with E-state index in [0.29, 0.717) is 16.1 Å². The van der Waals surface area contributed by atoms with Gasteiger partial charge in [-0.3, -0.25) is 4.57 Å². The molecule has 40 heavy (non-hydrogen) atoms. The molecule has 0 radical (unpaired) electrons. The number of hydrogen-bond donors (Lipinski definition) is 0. The summed E-state index contributed by atoms with van der Waals surface area (Å²) in [4.78, 5) is 9.93. The molecule has 0 aliphatic carbocycles. The standard InChI is InChI=1S/C34H19Cl2N3S/c35-30-26-19-21(22-13-8-14-24-23-11-5-7-16-29(23)40-32(22)24)17-18-28(26)39(33(30)36)34-37-27-15-6-4-12-25(27)31(38-34)20-9-2-1-3-10-20/h1-19H. The lowest BCUT2D eigenvalue weighted by molar-refractivity contribution is 0.985. The number of thiophene rings is 1. The molecule has 0 saturated heterocycles. The highest BCUT2D eigenvalue weighted by Crippen LogP contribution is 2.43. The Kier molecular flexibility index (Phi) is 5.42. The van der Waals surface area contributed by atoms with Crippen LogP contribution in [0.1, 0.15) is 0 Å². The Bertz CT molecular complexity index is 2250. The third-order valence-corrected chi connectivity index (χ3v) is 9.46. The van der Waals surface area contributed by atoms with E-state index in [0.717, 1.165) is 38.6 Å². The van der Waals surface area contributed by atoms with Crippen molar-refractivity contribution in [3.8, 4) is 28.3 Å². The first-order valence-corrected chi connectivity index (χ1v) is 14.5. The van der Waals surface area contributed by atoms with Crippen LogP contribution in [-0.2, 0) is 0 Å². The fraction of sp³-hybridized carbons (Fsp3) is 0. The molecule has 0 unspecified atom stereocenters. The Labute approximate surface area is 243 Å². The molecule has 3 heterocycles. The summed E-state index contributed by atoms with van der Waals surface area (Å²) in [5.41, 5.74) is 5.83. The zero-order valence-corrected chi connectivity index (χ0v) is 23.3. The summed E-state index contributed by atoms with van der Waals surface area (Å²) in [5.74, 6) is 0.485. The van der Waals surface area contributed by atoms with Gasteiger partial charge in [-0.05, 0) is 35.4 Å². The van der Waals surface area contributed by atoms with Crippen molar-refractivity contribution in [1.82, 2.24) is 14.5 Å². The summed E-state index contributed by atoms with van der Waals surface area (Å²) in [6, 6.07) is 39.5. The molecule has 190 valence electrons. The lowest BCUT2D eigenvalue weighted by atomic mass is 10.0. The van der Waals surface area contributed by atoms with Crippen molar-refractivity contribution in [1.29, 1.82) is 0 Å². The largest absolute Gasteiger partial charge is 0.267 e. The molecular weight excluding hydrogens is 553 g/mol. The summed E-state index contributed by atoms with van der Waals surface area (Å²) < 4.78 is 4.39. The number of benzene rings is 5. The molecular formula is C34H19Cl2N3S. The number of fused-ring (bicyclic) bond motifs is 5. The van der Waals surface area contributed by atoms with Crippen LogP contribution in [0.3, 0.4) is 0 Å². The van der Waals surface area contributed by atoms with Crippen LogP contribution in [0.25, 0.3) is 70.3 Å². The Hall–Kier alpha value is -4.22. The first-order chi connectivity index (χ1) is 19.7. The fourth-order valence-electron chi connectivity index (χ4n) is 5.54. The van der Waals surface area contributed by atoms with Crippen LogP contribution in [0.5, 0.6) is 0 Å². The molecule has 3 aromatic heterocycles. The van der Waals surface area contributed by atoms with Crippen LogP contribution in [0.2, 0.25) is 10.2 Å². The maximum Gasteiger partial charge on any atom is 0.236 e. The fourth-order valence-corrected chi connectivity index (χ4v) is 7.28. The van der Waals surface area contributed by atoms with Crippen LogP contribution in [-0.4, -0.2) is 14.5 Å². The van der Waals surface area contributed by atoms with Gasteiger partial charge >= 0.3 is 0 Å². The SMILES string of the molecule is Clc1c(Cl)n(-c2nc(-c3ccccc3)c3ccccc3n2)c2ccc(-c3cccc4c3sc3ccccc34)cc12. The third-order valence-electron chi connectivity index (χ3n) is 7.41. The second kappa shape index (κ2) is 9.17. The molecule has 0 bridgehead atoms. The van der Waals surface area contributed by atoms with Crippen LogP contribution >= 0.6 is 34.5 Å². The molecule has 0 atom stereocenters. The molecule has 0 aliphatic rings. The normalized spacial score (nSPS) is 11.8. The van der Waals surface area contributed by atoms with Gasteiger partial charge in [-0.1, -0.05) is 114 Å². The molecule has 3 nitrogen and oxygen atoms in total. The van der Waals surface area contributed by atoms with Crippen molar-refractivity contribution in [2.45, 2.75) is 0 Å². The summed E-state index contributed by atoms with van der Waals surface area (Å²) in [7, 11) is 0. The van der Waals surface area contributed by atoms with Crippen molar-refractivity contribution >= 4 is 76.5 Å². The monoisotopic (exact) mass is 571 g/mol. The molecule has 6 heteroatoms. The number of para-hydroxylation sites is 1. The molecule has 5 aromatic carbocycles. The Morgan fingerprint density at radius 2 is 1.35 bits per heavy atom. The zero-order chi connectivity index (χ0) is 26.8. The number of rotatable bonds is 3. The van der Waals surface area contributed by atoms with E-state index in [2.05, 4.69) is 72.8 Å². The van der Waals surface area contributed by atoms with E-state index in [-0.39, 0.29) is 0 Å². The average molecular weight is 573 g/mol. The van der Waals surface area contributed by atoms with Gasteiger partial charge < -0.3 is 0 Å². The maximum atomic E-state index is 6.92. The van der Waals surface area contributed by atoms with Crippen molar-refractivity contribution in [3.05, 3.63) is 125 Å². The van der Waals surface area contributed by atoms with E-state index in [4.69, 9.17) is 33.2 Å². The van der Waals surface area contributed by atoms with Gasteiger partial charge in [-0.25, -0.2) is 9.97 Å². The predicted octanol–water partition coefficient (Wildman–Crippen LogP) is 10.6. The second-order valence-electron chi connectivity index (χ2n) is 9.71. The first-order valence-electron chi connectivity index (χ1n) is 12.9. The average Bonchev–Trinajstić information content (AvgIpc) is 3.51. The molecule has 8 rings (SSSR count). The second-order valence-corrected chi connectivity index (χ2v) is 11.5. The van der Waals surface area contributed by atoms with Gasteiger partial charge in [0.15, 0.2) is 0 Å². The zero-order valence-electron chi connectivity index (χ0n) is 21.0. The van der Waals surface area contributed by atoms with Crippen LogP contribution in [0.15, 0.2) is 115 Å². The van der Waals surface area contributed by atoms with Gasteiger partial charge in [0, 0.05) is 36.5 Å². The van der Waals surface area contributed by atoms with Gasteiger partial charge in [0.1, 0.15) is 5.15 Å². The van der Waals surface area contributed by atoms with Crippen molar-refractivity contribution in [2.75, 3.05) is 0 Å². The highest BCUT2D eigenvalue weighted by Gasteiger charge is 2.21. The lowest BCUT2D eigenvalue weighted by Crippen LogP contribution is -2.03. The minimum atomic E-state index is 0.392. The quantitative estimate of drug-likeness (QED) is 0.211. The maximum absolute atomic E-state index is 6.92. The van der Waals surface area contributed by atoms with E-state index in [9.17, 15) is 0 Å². The number of aromatic nitrogens is 3. The van der Waals surface area contributed by atoms with Gasteiger partial charge in [-0.2, -0.15) is 0 Å². The van der Waals surface area contributed by atoms with E-state index < -0.39 is 0 Å². The van der Waals surface area contributed by atoms with Crippen LogP contribution in [0.4, 0.5) is 0 Å². The molecule has 8 aromatic rings. The molecule has 0 spiro atoms. The minimum absolute atomic E-state index is 0.392. The van der Waals surface area contributed by atoms with E-state index in [1.807, 2.05) is 58.4 Å². The van der Waals surface area contributed by atoms with Gasteiger partial charge in [0.2, 0.25) is 5.95 Å². The number of halogens is 2. The van der Waals surface area contributed by atoms with Crippen molar-refractivity contribution < 1.29 is 0 Å². The summed E-state index contributed by atoms with van der Waals surface area (Å²) >= 11 is 15.6. The smallest absolute Gasteiger partial charge is 0.236 e. The summed E-state index contributed by atoms with van der Waals surface area (Å²) in [6.07, 6.45) is 0. The number of nitrogens with zero attached hydrogens (tertiary/aromatic N) is 3. The predicted molar refractivity (Wildman–Crippen MR) is 170 cm³/mol. The van der Waals surface area contributed by atoms with E-state index in [1.165, 1.54) is 25.7 Å². The van der Waals surface area contributed by atoms with Crippen LogP contribution in [0, 0.1) is 0 Å². The van der Waals surface area contributed by atoms with Crippen molar-refractivity contribution in [2.24, 2.45) is 0 Å². The Balaban J connectivity index is 1.35. The lowest BCUT2D eigenvalue weighted by Gasteiger charge is -2.11.